The topological polar surface area (TPSA) is 78.0 Å². The summed E-state index contributed by atoms with van der Waals surface area (Å²) in [4.78, 5) is 11.3. The highest BCUT2D eigenvalue weighted by molar-refractivity contribution is 6.30. The standard InChI is InChI=1S/C25H28ClN5O/c1-19-28-10-13-31(19)24(21-4-2-20(16-27)3-5-21)17-30-11-7-25(18-32,8-12-30)15-23-14-22(26)6-9-29-23/h2-6,9-10,13-14,24,32H,7-8,11-12,15,17-18H2,1H3/t24-/m1/s1. The minimum Gasteiger partial charge on any atom is -0.396 e. The van der Waals surface area contributed by atoms with Crippen molar-refractivity contribution in [2.45, 2.75) is 32.2 Å². The summed E-state index contributed by atoms with van der Waals surface area (Å²) >= 11 is 6.13. The highest BCUT2D eigenvalue weighted by Gasteiger charge is 2.35. The van der Waals surface area contributed by atoms with Gasteiger partial charge in [0.05, 0.1) is 17.7 Å². The van der Waals surface area contributed by atoms with Gasteiger partial charge in [-0.05, 0) is 69.1 Å². The number of aromatic nitrogens is 3. The Morgan fingerprint density at radius 1 is 1.16 bits per heavy atom. The summed E-state index contributed by atoms with van der Waals surface area (Å²) in [6.07, 6.45) is 8.12. The van der Waals surface area contributed by atoms with E-state index in [2.05, 4.69) is 25.5 Å². The first kappa shape index (κ1) is 22.5. The number of hydrogen-bond donors (Lipinski definition) is 1. The third kappa shape index (κ3) is 5.02. The molecule has 32 heavy (non-hydrogen) atoms. The molecule has 6 nitrogen and oxygen atoms in total. The number of aryl methyl sites for hydroxylation is 1. The van der Waals surface area contributed by atoms with Crippen LogP contribution in [0.5, 0.6) is 0 Å². The maximum atomic E-state index is 10.2. The Balaban J connectivity index is 1.48. The van der Waals surface area contributed by atoms with Gasteiger partial charge in [0.1, 0.15) is 5.82 Å². The third-order valence-electron chi connectivity index (χ3n) is 6.64. The second-order valence-corrected chi connectivity index (χ2v) is 9.17. The summed E-state index contributed by atoms with van der Waals surface area (Å²) in [7, 11) is 0. The molecule has 3 aromatic rings. The number of imidazole rings is 1. The van der Waals surface area contributed by atoms with Crippen LogP contribution in [0.25, 0.3) is 0 Å². The minimum atomic E-state index is -0.164. The fraction of sp³-hybridized carbons (Fsp3) is 0.400. The molecule has 0 unspecified atom stereocenters. The number of rotatable bonds is 7. The first-order valence-corrected chi connectivity index (χ1v) is 11.3. The zero-order valence-corrected chi connectivity index (χ0v) is 19.0. The van der Waals surface area contributed by atoms with E-state index in [0.717, 1.165) is 56.0 Å². The lowest BCUT2D eigenvalue weighted by Gasteiger charge is -2.42. The molecule has 0 bridgehead atoms. The molecular weight excluding hydrogens is 422 g/mol. The molecule has 0 saturated carbocycles. The van der Waals surface area contributed by atoms with Crippen molar-refractivity contribution < 1.29 is 5.11 Å². The largest absolute Gasteiger partial charge is 0.396 e. The van der Waals surface area contributed by atoms with Crippen molar-refractivity contribution in [1.29, 1.82) is 5.26 Å². The summed E-state index contributed by atoms with van der Waals surface area (Å²) < 4.78 is 2.20. The van der Waals surface area contributed by atoms with Crippen LogP contribution in [0.15, 0.2) is 55.0 Å². The number of likely N-dealkylation sites (tertiary alicyclic amines) is 1. The fourth-order valence-electron chi connectivity index (χ4n) is 4.63. The summed E-state index contributed by atoms with van der Waals surface area (Å²) in [6, 6.07) is 13.8. The van der Waals surface area contributed by atoms with Crippen molar-refractivity contribution in [3.05, 3.63) is 82.7 Å². The number of aliphatic hydroxyl groups is 1. The zero-order chi connectivity index (χ0) is 22.6. The Bertz CT molecular complexity index is 1080. The van der Waals surface area contributed by atoms with Gasteiger partial charge in [-0.2, -0.15) is 5.26 Å². The predicted molar refractivity (Wildman–Crippen MR) is 124 cm³/mol. The van der Waals surface area contributed by atoms with Crippen LogP contribution in [0.3, 0.4) is 0 Å². The van der Waals surface area contributed by atoms with Crippen LogP contribution < -0.4 is 0 Å². The Morgan fingerprint density at radius 2 is 1.91 bits per heavy atom. The monoisotopic (exact) mass is 449 g/mol. The van der Waals surface area contributed by atoms with Crippen molar-refractivity contribution in [2.24, 2.45) is 5.41 Å². The van der Waals surface area contributed by atoms with Crippen molar-refractivity contribution in [2.75, 3.05) is 26.2 Å². The number of halogens is 1. The first-order chi connectivity index (χ1) is 15.5. The average molecular weight is 450 g/mol. The molecule has 1 aliphatic rings. The lowest BCUT2D eigenvalue weighted by molar-refractivity contribution is 0.0401. The maximum Gasteiger partial charge on any atom is 0.106 e. The molecule has 1 atom stereocenters. The van der Waals surface area contributed by atoms with Crippen LogP contribution in [0.4, 0.5) is 0 Å². The Labute approximate surface area is 194 Å². The van der Waals surface area contributed by atoms with Gasteiger partial charge in [-0.1, -0.05) is 23.7 Å². The molecule has 0 spiro atoms. The average Bonchev–Trinajstić information content (AvgIpc) is 3.24. The molecule has 3 heterocycles. The summed E-state index contributed by atoms with van der Waals surface area (Å²) in [5, 5.41) is 20.1. The highest BCUT2D eigenvalue weighted by atomic mass is 35.5. The van der Waals surface area contributed by atoms with Crippen LogP contribution in [0.1, 0.15) is 41.5 Å². The highest BCUT2D eigenvalue weighted by Crippen LogP contribution is 2.35. The van der Waals surface area contributed by atoms with E-state index in [-0.39, 0.29) is 18.1 Å². The number of pyridine rings is 1. The predicted octanol–water partition coefficient (Wildman–Crippen LogP) is 4.02. The molecule has 4 rings (SSSR count). The SMILES string of the molecule is Cc1nccn1[C@H](CN1CCC(CO)(Cc2cc(Cl)ccn2)CC1)c1ccc(C#N)cc1. The van der Waals surface area contributed by atoms with Gasteiger partial charge in [-0.15, -0.1) is 0 Å². The van der Waals surface area contributed by atoms with E-state index in [9.17, 15) is 5.11 Å². The number of benzene rings is 1. The molecule has 0 radical (unpaired) electrons. The van der Waals surface area contributed by atoms with E-state index in [0.29, 0.717) is 10.6 Å². The van der Waals surface area contributed by atoms with Gasteiger partial charge in [0.25, 0.3) is 0 Å². The molecule has 7 heteroatoms. The van der Waals surface area contributed by atoms with Crippen LogP contribution in [0, 0.1) is 23.7 Å². The number of aliphatic hydroxyl groups excluding tert-OH is 1. The van der Waals surface area contributed by atoms with Crippen molar-refractivity contribution in [3.8, 4) is 6.07 Å². The Kier molecular flexibility index (Phi) is 6.90. The quantitative estimate of drug-likeness (QED) is 0.589. The second kappa shape index (κ2) is 9.83. The van der Waals surface area contributed by atoms with E-state index in [1.807, 2.05) is 49.6 Å². The van der Waals surface area contributed by atoms with Gasteiger partial charge < -0.3 is 14.6 Å². The molecule has 1 fully saturated rings. The van der Waals surface area contributed by atoms with Gasteiger partial charge in [0, 0.05) is 47.9 Å². The molecule has 0 aliphatic carbocycles. The van der Waals surface area contributed by atoms with Gasteiger partial charge in [-0.3, -0.25) is 4.98 Å². The Hall–Kier alpha value is -2.72. The fourth-order valence-corrected chi connectivity index (χ4v) is 4.81. The van der Waals surface area contributed by atoms with E-state index in [4.69, 9.17) is 16.9 Å². The molecule has 166 valence electrons. The lowest BCUT2D eigenvalue weighted by Crippen LogP contribution is -2.45. The van der Waals surface area contributed by atoms with Gasteiger partial charge in [-0.25, -0.2) is 4.98 Å². The normalized spacial score (nSPS) is 17.1. The molecule has 1 N–H and O–H groups in total. The van der Waals surface area contributed by atoms with Crippen molar-refractivity contribution >= 4 is 11.6 Å². The smallest absolute Gasteiger partial charge is 0.106 e. The van der Waals surface area contributed by atoms with E-state index in [1.165, 1.54) is 0 Å². The number of piperidine rings is 1. The van der Waals surface area contributed by atoms with Crippen molar-refractivity contribution in [1.82, 2.24) is 19.4 Å². The molecule has 1 aromatic carbocycles. The zero-order valence-electron chi connectivity index (χ0n) is 18.3. The third-order valence-corrected chi connectivity index (χ3v) is 6.88. The van der Waals surface area contributed by atoms with E-state index < -0.39 is 0 Å². The van der Waals surface area contributed by atoms with Gasteiger partial charge in [0.2, 0.25) is 0 Å². The Morgan fingerprint density at radius 3 is 2.50 bits per heavy atom. The van der Waals surface area contributed by atoms with Crippen molar-refractivity contribution in [3.63, 3.8) is 0 Å². The van der Waals surface area contributed by atoms with Gasteiger partial charge >= 0.3 is 0 Å². The molecule has 2 aromatic heterocycles. The first-order valence-electron chi connectivity index (χ1n) is 10.9. The van der Waals surface area contributed by atoms with E-state index in [1.54, 1.807) is 12.3 Å². The number of hydrogen-bond acceptors (Lipinski definition) is 5. The summed E-state index contributed by atoms with van der Waals surface area (Å²) in [5.74, 6) is 0.966. The van der Waals surface area contributed by atoms with E-state index >= 15 is 0 Å². The number of nitriles is 1. The molecule has 1 saturated heterocycles. The molecule has 0 amide bonds. The van der Waals surface area contributed by atoms with Crippen LogP contribution in [-0.2, 0) is 6.42 Å². The molecule has 1 aliphatic heterocycles. The lowest BCUT2D eigenvalue weighted by atomic mass is 9.75. The van der Waals surface area contributed by atoms with Gasteiger partial charge in [0.15, 0.2) is 0 Å². The number of nitrogens with zero attached hydrogens (tertiary/aromatic N) is 5. The second-order valence-electron chi connectivity index (χ2n) is 8.73. The molecular formula is C25H28ClN5O. The van der Waals surface area contributed by atoms with Crippen LogP contribution in [-0.4, -0.2) is 50.8 Å². The summed E-state index contributed by atoms with van der Waals surface area (Å²) in [6.45, 7) is 4.82. The maximum absolute atomic E-state index is 10.2. The summed E-state index contributed by atoms with van der Waals surface area (Å²) in [5.41, 5.74) is 2.59. The van der Waals surface area contributed by atoms with Crippen LogP contribution >= 0.6 is 11.6 Å². The minimum absolute atomic E-state index is 0.112. The van der Waals surface area contributed by atoms with Crippen LogP contribution in [0.2, 0.25) is 5.02 Å².